The molecule has 0 aromatic rings. The minimum atomic E-state index is 0.137. The summed E-state index contributed by atoms with van der Waals surface area (Å²) in [5.41, 5.74) is 5.93. The molecule has 19 heavy (non-hydrogen) atoms. The van der Waals surface area contributed by atoms with Crippen LogP contribution in [0.15, 0.2) is 0 Å². The Labute approximate surface area is 117 Å². The van der Waals surface area contributed by atoms with Crippen LogP contribution in [0.5, 0.6) is 0 Å². The fraction of sp³-hybridized carbons (Fsp3) is 0.933. The average Bonchev–Trinajstić information content (AvgIpc) is 2.36. The van der Waals surface area contributed by atoms with Crippen molar-refractivity contribution in [3.05, 3.63) is 0 Å². The second-order valence-corrected chi connectivity index (χ2v) is 6.62. The molecule has 2 rings (SSSR count). The van der Waals surface area contributed by atoms with Gasteiger partial charge in [-0.05, 0) is 70.1 Å². The molecule has 0 radical (unpaired) electrons. The summed E-state index contributed by atoms with van der Waals surface area (Å²) < 4.78 is 0. The SMILES string of the molecule is CN1CCC(CCNC(=O)CC2(CN)CCC2)CC1. The Morgan fingerprint density at radius 2 is 2.05 bits per heavy atom. The Balaban J connectivity index is 1.59. The zero-order chi connectivity index (χ0) is 13.7. The molecule has 0 bridgehead atoms. The van der Waals surface area contributed by atoms with Crippen LogP contribution >= 0.6 is 0 Å². The number of carbonyl (C=O) groups is 1. The standard InChI is InChI=1S/C15H29N3O/c1-18-9-4-13(5-10-18)3-8-17-14(19)11-15(12-16)6-2-7-15/h13H,2-12,16H2,1H3,(H,17,19). The number of piperidine rings is 1. The lowest BCUT2D eigenvalue weighted by atomic mass is 9.66. The highest BCUT2D eigenvalue weighted by Crippen LogP contribution is 2.42. The minimum Gasteiger partial charge on any atom is -0.356 e. The lowest BCUT2D eigenvalue weighted by molar-refractivity contribution is -0.124. The van der Waals surface area contributed by atoms with E-state index in [2.05, 4.69) is 17.3 Å². The number of hydrogen-bond acceptors (Lipinski definition) is 3. The van der Waals surface area contributed by atoms with Crippen LogP contribution < -0.4 is 11.1 Å². The summed E-state index contributed by atoms with van der Waals surface area (Å²) in [5, 5.41) is 3.09. The number of amides is 1. The van der Waals surface area contributed by atoms with Crippen LogP contribution in [0.1, 0.15) is 44.9 Å². The van der Waals surface area contributed by atoms with Crippen LogP contribution in [0.25, 0.3) is 0 Å². The van der Waals surface area contributed by atoms with Gasteiger partial charge in [0.2, 0.25) is 5.91 Å². The van der Waals surface area contributed by atoms with Crippen molar-refractivity contribution in [2.24, 2.45) is 17.1 Å². The Hall–Kier alpha value is -0.610. The van der Waals surface area contributed by atoms with Crippen molar-refractivity contribution in [1.82, 2.24) is 10.2 Å². The topological polar surface area (TPSA) is 58.4 Å². The first-order valence-electron chi connectivity index (χ1n) is 7.79. The van der Waals surface area contributed by atoms with E-state index in [-0.39, 0.29) is 11.3 Å². The number of rotatable bonds is 6. The van der Waals surface area contributed by atoms with Crippen molar-refractivity contribution in [2.75, 3.05) is 33.2 Å². The van der Waals surface area contributed by atoms with Crippen LogP contribution in [0.3, 0.4) is 0 Å². The molecule has 0 aromatic carbocycles. The molecule has 0 unspecified atom stereocenters. The molecule has 4 heteroatoms. The number of likely N-dealkylation sites (tertiary alicyclic amines) is 1. The van der Waals surface area contributed by atoms with Gasteiger partial charge >= 0.3 is 0 Å². The monoisotopic (exact) mass is 267 g/mol. The third kappa shape index (κ3) is 4.18. The summed E-state index contributed by atoms with van der Waals surface area (Å²) in [6, 6.07) is 0. The summed E-state index contributed by atoms with van der Waals surface area (Å²) in [6.07, 6.45) is 7.82. The molecular weight excluding hydrogens is 238 g/mol. The molecule has 1 aliphatic heterocycles. The highest BCUT2D eigenvalue weighted by Gasteiger charge is 2.37. The maximum Gasteiger partial charge on any atom is 0.220 e. The summed E-state index contributed by atoms with van der Waals surface area (Å²) in [4.78, 5) is 14.3. The molecule has 0 atom stereocenters. The van der Waals surface area contributed by atoms with E-state index in [0.29, 0.717) is 13.0 Å². The van der Waals surface area contributed by atoms with E-state index in [0.717, 1.165) is 31.7 Å². The van der Waals surface area contributed by atoms with Crippen LogP contribution in [-0.4, -0.2) is 44.0 Å². The van der Waals surface area contributed by atoms with E-state index in [1.54, 1.807) is 0 Å². The van der Waals surface area contributed by atoms with Gasteiger partial charge in [-0.3, -0.25) is 4.79 Å². The molecule has 2 aliphatic rings. The normalized spacial score (nSPS) is 23.9. The molecule has 0 aromatic heterocycles. The molecule has 3 N–H and O–H groups in total. The Morgan fingerprint density at radius 3 is 2.58 bits per heavy atom. The van der Waals surface area contributed by atoms with Gasteiger partial charge in [-0.2, -0.15) is 0 Å². The number of nitrogens with two attached hydrogens (primary N) is 1. The van der Waals surface area contributed by atoms with Crippen molar-refractivity contribution in [1.29, 1.82) is 0 Å². The van der Waals surface area contributed by atoms with Crippen molar-refractivity contribution >= 4 is 5.91 Å². The molecule has 4 nitrogen and oxygen atoms in total. The number of carbonyl (C=O) groups excluding carboxylic acids is 1. The van der Waals surface area contributed by atoms with E-state index in [9.17, 15) is 4.79 Å². The van der Waals surface area contributed by atoms with E-state index in [4.69, 9.17) is 5.73 Å². The van der Waals surface area contributed by atoms with Crippen LogP contribution in [0.2, 0.25) is 0 Å². The van der Waals surface area contributed by atoms with Crippen molar-refractivity contribution in [2.45, 2.75) is 44.9 Å². The van der Waals surface area contributed by atoms with E-state index < -0.39 is 0 Å². The van der Waals surface area contributed by atoms with E-state index >= 15 is 0 Å². The van der Waals surface area contributed by atoms with Crippen molar-refractivity contribution in [3.63, 3.8) is 0 Å². The predicted molar refractivity (Wildman–Crippen MR) is 77.8 cm³/mol. The molecule has 1 saturated carbocycles. The highest BCUT2D eigenvalue weighted by atomic mass is 16.1. The van der Waals surface area contributed by atoms with Gasteiger partial charge < -0.3 is 16.0 Å². The first-order chi connectivity index (χ1) is 9.13. The maximum atomic E-state index is 11.9. The van der Waals surface area contributed by atoms with Gasteiger partial charge in [0.1, 0.15) is 0 Å². The van der Waals surface area contributed by atoms with Crippen LogP contribution in [0.4, 0.5) is 0 Å². The molecular formula is C15H29N3O. The third-order valence-corrected chi connectivity index (χ3v) is 5.10. The molecule has 1 aliphatic carbocycles. The summed E-state index contributed by atoms with van der Waals surface area (Å²) in [6.45, 7) is 3.91. The zero-order valence-electron chi connectivity index (χ0n) is 12.3. The van der Waals surface area contributed by atoms with Crippen molar-refractivity contribution < 1.29 is 4.79 Å². The molecule has 1 amide bonds. The van der Waals surface area contributed by atoms with Gasteiger partial charge in [0, 0.05) is 13.0 Å². The molecule has 0 spiro atoms. The van der Waals surface area contributed by atoms with Crippen LogP contribution in [-0.2, 0) is 4.79 Å². The van der Waals surface area contributed by atoms with Gasteiger partial charge in [0.25, 0.3) is 0 Å². The highest BCUT2D eigenvalue weighted by molar-refractivity contribution is 5.76. The molecule has 2 fully saturated rings. The minimum absolute atomic E-state index is 0.137. The fourth-order valence-corrected chi connectivity index (χ4v) is 3.30. The van der Waals surface area contributed by atoms with Crippen LogP contribution in [0, 0.1) is 11.3 Å². The first kappa shape index (κ1) is 14.8. The smallest absolute Gasteiger partial charge is 0.220 e. The lowest BCUT2D eigenvalue weighted by Gasteiger charge is -2.40. The Morgan fingerprint density at radius 1 is 1.37 bits per heavy atom. The van der Waals surface area contributed by atoms with Gasteiger partial charge in [-0.1, -0.05) is 6.42 Å². The molecule has 1 heterocycles. The number of nitrogens with zero attached hydrogens (tertiary/aromatic N) is 1. The lowest BCUT2D eigenvalue weighted by Crippen LogP contribution is -2.42. The summed E-state index contributed by atoms with van der Waals surface area (Å²) >= 11 is 0. The van der Waals surface area contributed by atoms with Gasteiger partial charge in [0.05, 0.1) is 0 Å². The van der Waals surface area contributed by atoms with Crippen molar-refractivity contribution in [3.8, 4) is 0 Å². The number of nitrogens with one attached hydrogen (secondary N) is 1. The Bertz CT molecular complexity index is 288. The molecule has 110 valence electrons. The van der Waals surface area contributed by atoms with E-state index in [1.165, 1.54) is 32.4 Å². The summed E-state index contributed by atoms with van der Waals surface area (Å²) in [7, 11) is 2.18. The zero-order valence-corrected chi connectivity index (χ0v) is 12.3. The second kappa shape index (κ2) is 6.71. The fourth-order valence-electron chi connectivity index (χ4n) is 3.30. The quantitative estimate of drug-likeness (QED) is 0.764. The largest absolute Gasteiger partial charge is 0.356 e. The summed E-state index contributed by atoms with van der Waals surface area (Å²) in [5.74, 6) is 1.00. The average molecular weight is 267 g/mol. The maximum absolute atomic E-state index is 11.9. The van der Waals surface area contributed by atoms with E-state index in [1.807, 2.05) is 0 Å². The predicted octanol–water partition coefficient (Wildman–Crippen LogP) is 1.35. The third-order valence-electron chi connectivity index (χ3n) is 5.10. The van der Waals surface area contributed by atoms with Gasteiger partial charge in [0.15, 0.2) is 0 Å². The van der Waals surface area contributed by atoms with Gasteiger partial charge in [-0.25, -0.2) is 0 Å². The second-order valence-electron chi connectivity index (χ2n) is 6.62. The first-order valence-corrected chi connectivity index (χ1v) is 7.79. The molecule has 1 saturated heterocycles. The Kier molecular flexibility index (Phi) is 5.22. The number of hydrogen-bond donors (Lipinski definition) is 2. The van der Waals surface area contributed by atoms with Gasteiger partial charge in [-0.15, -0.1) is 0 Å².